The summed E-state index contributed by atoms with van der Waals surface area (Å²) in [4.78, 5) is 0. The van der Waals surface area contributed by atoms with E-state index >= 15 is 0 Å². The van der Waals surface area contributed by atoms with Gasteiger partial charge in [0.25, 0.3) is 0 Å². The summed E-state index contributed by atoms with van der Waals surface area (Å²) in [5.74, 6) is 1.64. The maximum absolute atomic E-state index is 5.59. The highest BCUT2D eigenvalue weighted by atomic mass is 16.7. The Morgan fingerprint density at radius 3 is 1.62 bits per heavy atom. The minimum absolute atomic E-state index is 0.409. The largest absolute Gasteiger partial charge is 0.352 e. The van der Waals surface area contributed by atoms with Gasteiger partial charge in [0.05, 0.1) is 12.2 Å². The van der Waals surface area contributed by atoms with E-state index in [0.717, 1.165) is 11.8 Å². The van der Waals surface area contributed by atoms with Crippen LogP contribution in [0.2, 0.25) is 0 Å². The third-order valence-electron chi connectivity index (χ3n) is 3.23. The van der Waals surface area contributed by atoms with Gasteiger partial charge in [-0.05, 0) is 51.4 Å². The highest BCUT2D eigenvalue weighted by Crippen LogP contribution is 2.35. The fourth-order valence-corrected chi connectivity index (χ4v) is 1.66. The van der Waals surface area contributed by atoms with E-state index in [0.29, 0.717) is 19.0 Å². The van der Waals surface area contributed by atoms with Gasteiger partial charge in [-0.2, -0.15) is 0 Å². The topological polar surface area (TPSA) is 18.5 Å². The molecule has 0 bridgehead atoms. The molecule has 2 heteroatoms. The van der Waals surface area contributed by atoms with Gasteiger partial charge in [-0.15, -0.1) is 0 Å². The Hall–Kier alpha value is -0.0800. The molecule has 0 aliphatic heterocycles. The lowest BCUT2D eigenvalue weighted by Crippen LogP contribution is -2.18. The Kier molecular flexibility index (Phi) is 2.89. The van der Waals surface area contributed by atoms with E-state index in [9.17, 15) is 0 Å². The zero-order chi connectivity index (χ0) is 9.26. The SMILES string of the molecule is CC(OCOC(C)C1CC1)C1CC1. The van der Waals surface area contributed by atoms with Crippen LogP contribution in [0.5, 0.6) is 0 Å². The Balaban J connectivity index is 1.51. The quantitative estimate of drug-likeness (QED) is 0.591. The summed E-state index contributed by atoms with van der Waals surface area (Å²) in [5, 5.41) is 0. The molecule has 13 heavy (non-hydrogen) atoms. The van der Waals surface area contributed by atoms with E-state index < -0.39 is 0 Å². The van der Waals surface area contributed by atoms with Crippen LogP contribution in [0.15, 0.2) is 0 Å². The minimum Gasteiger partial charge on any atom is -0.352 e. The van der Waals surface area contributed by atoms with Crippen LogP contribution >= 0.6 is 0 Å². The Bertz CT molecular complexity index is 143. The smallest absolute Gasteiger partial charge is 0.147 e. The molecule has 2 nitrogen and oxygen atoms in total. The monoisotopic (exact) mass is 184 g/mol. The fourth-order valence-electron chi connectivity index (χ4n) is 1.66. The first-order valence-electron chi connectivity index (χ1n) is 5.50. The lowest BCUT2D eigenvalue weighted by atomic mass is 10.3. The van der Waals surface area contributed by atoms with Crippen LogP contribution < -0.4 is 0 Å². The zero-order valence-corrected chi connectivity index (χ0v) is 8.66. The van der Waals surface area contributed by atoms with Crippen molar-refractivity contribution in [2.75, 3.05) is 6.79 Å². The number of hydrogen-bond donors (Lipinski definition) is 0. The van der Waals surface area contributed by atoms with E-state index in [1.54, 1.807) is 0 Å². The van der Waals surface area contributed by atoms with Crippen molar-refractivity contribution in [1.82, 2.24) is 0 Å². The van der Waals surface area contributed by atoms with Crippen molar-refractivity contribution >= 4 is 0 Å². The van der Waals surface area contributed by atoms with E-state index in [1.807, 2.05) is 0 Å². The Labute approximate surface area is 80.6 Å². The first kappa shape index (κ1) is 9.47. The first-order valence-corrected chi connectivity index (χ1v) is 5.50. The van der Waals surface area contributed by atoms with Gasteiger partial charge in [-0.25, -0.2) is 0 Å². The molecule has 2 aliphatic rings. The predicted molar refractivity (Wildman–Crippen MR) is 51.4 cm³/mol. The summed E-state index contributed by atoms with van der Waals surface area (Å²) in [6.07, 6.45) is 6.20. The van der Waals surface area contributed by atoms with Gasteiger partial charge in [-0.3, -0.25) is 0 Å². The second kappa shape index (κ2) is 3.97. The normalized spacial score (nSPS) is 27.2. The molecule has 0 heterocycles. The molecule has 2 atom stereocenters. The van der Waals surface area contributed by atoms with Gasteiger partial charge in [-0.1, -0.05) is 0 Å². The van der Waals surface area contributed by atoms with Gasteiger partial charge in [0.1, 0.15) is 6.79 Å². The maximum atomic E-state index is 5.59. The summed E-state index contributed by atoms with van der Waals surface area (Å²) in [6.45, 7) is 4.81. The van der Waals surface area contributed by atoms with Crippen molar-refractivity contribution in [3.8, 4) is 0 Å². The van der Waals surface area contributed by atoms with Crippen molar-refractivity contribution in [1.29, 1.82) is 0 Å². The highest BCUT2D eigenvalue weighted by molar-refractivity contribution is 4.80. The molecule has 0 aromatic rings. The van der Waals surface area contributed by atoms with Crippen molar-refractivity contribution < 1.29 is 9.47 Å². The van der Waals surface area contributed by atoms with Crippen molar-refractivity contribution in [2.24, 2.45) is 11.8 Å². The molecule has 2 aliphatic carbocycles. The van der Waals surface area contributed by atoms with Crippen LogP contribution in [0.25, 0.3) is 0 Å². The van der Waals surface area contributed by atoms with Crippen LogP contribution in [0, 0.1) is 11.8 Å². The summed E-state index contributed by atoms with van der Waals surface area (Å²) < 4.78 is 11.2. The molecule has 2 unspecified atom stereocenters. The molecule has 0 amide bonds. The van der Waals surface area contributed by atoms with Crippen LogP contribution in [-0.4, -0.2) is 19.0 Å². The van der Waals surface area contributed by atoms with Crippen molar-refractivity contribution in [3.05, 3.63) is 0 Å². The molecule has 2 rings (SSSR count). The van der Waals surface area contributed by atoms with Gasteiger partial charge in [0.15, 0.2) is 0 Å². The molecule has 0 saturated heterocycles. The van der Waals surface area contributed by atoms with Gasteiger partial charge in [0, 0.05) is 0 Å². The molecule has 2 fully saturated rings. The lowest BCUT2D eigenvalue weighted by Gasteiger charge is -2.15. The van der Waals surface area contributed by atoms with Crippen LogP contribution in [0.3, 0.4) is 0 Å². The molecular weight excluding hydrogens is 164 g/mol. The summed E-state index contributed by atoms with van der Waals surface area (Å²) in [5.41, 5.74) is 0. The highest BCUT2D eigenvalue weighted by Gasteiger charge is 2.30. The molecule has 0 spiro atoms. The molecule has 2 saturated carbocycles. The predicted octanol–water partition coefficient (Wildman–Crippen LogP) is 2.57. The van der Waals surface area contributed by atoms with Crippen molar-refractivity contribution in [3.63, 3.8) is 0 Å². The Morgan fingerprint density at radius 1 is 0.923 bits per heavy atom. The van der Waals surface area contributed by atoms with Gasteiger partial charge < -0.3 is 9.47 Å². The van der Waals surface area contributed by atoms with Gasteiger partial charge in [0.2, 0.25) is 0 Å². The van der Waals surface area contributed by atoms with Crippen molar-refractivity contribution in [2.45, 2.75) is 51.7 Å². The lowest BCUT2D eigenvalue weighted by molar-refractivity contribution is -0.118. The summed E-state index contributed by atoms with van der Waals surface area (Å²) in [6, 6.07) is 0. The molecule has 0 aromatic heterocycles. The summed E-state index contributed by atoms with van der Waals surface area (Å²) in [7, 11) is 0. The maximum Gasteiger partial charge on any atom is 0.147 e. The van der Waals surface area contributed by atoms with E-state index in [4.69, 9.17) is 9.47 Å². The van der Waals surface area contributed by atoms with Crippen LogP contribution in [0.1, 0.15) is 39.5 Å². The molecule has 76 valence electrons. The zero-order valence-electron chi connectivity index (χ0n) is 8.66. The van der Waals surface area contributed by atoms with E-state index in [1.165, 1.54) is 25.7 Å². The number of ether oxygens (including phenoxy) is 2. The average Bonchev–Trinajstić information content (AvgIpc) is 2.95. The summed E-state index contributed by atoms with van der Waals surface area (Å²) >= 11 is 0. The second-order valence-electron chi connectivity index (χ2n) is 4.54. The fraction of sp³-hybridized carbons (Fsp3) is 1.00. The third kappa shape index (κ3) is 2.96. The van der Waals surface area contributed by atoms with Gasteiger partial charge >= 0.3 is 0 Å². The molecule has 0 N–H and O–H groups in total. The minimum atomic E-state index is 0.409. The second-order valence-corrected chi connectivity index (χ2v) is 4.54. The Morgan fingerprint density at radius 2 is 1.31 bits per heavy atom. The average molecular weight is 184 g/mol. The molecule has 0 aromatic carbocycles. The molecular formula is C11H20O2. The van der Waals surface area contributed by atoms with Crippen LogP contribution in [0.4, 0.5) is 0 Å². The number of hydrogen-bond acceptors (Lipinski definition) is 2. The third-order valence-corrected chi connectivity index (χ3v) is 3.23. The standard InChI is InChI=1S/C11H20O2/c1-8(10-3-4-10)12-7-13-9(2)11-5-6-11/h8-11H,3-7H2,1-2H3. The first-order chi connectivity index (χ1) is 6.27. The molecule has 0 radical (unpaired) electrons. The van der Waals surface area contributed by atoms with E-state index in [2.05, 4.69) is 13.8 Å². The van der Waals surface area contributed by atoms with E-state index in [-0.39, 0.29) is 0 Å². The van der Waals surface area contributed by atoms with Crippen LogP contribution in [-0.2, 0) is 9.47 Å². The number of rotatable bonds is 6.